The summed E-state index contributed by atoms with van der Waals surface area (Å²) in [6, 6.07) is 8.77. The molecule has 1 aromatic carbocycles. The highest BCUT2D eigenvalue weighted by atomic mass is 32.2. The Hall–Kier alpha value is -0.510. The third-order valence-corrected chi connectivity index (χ3v) is 3.31. The van der Waals surface area contributed by atoms with Crippen molar-refractivity contribution in [2.45, 2.75) is 24.3 Å². The lowest BCUT2D eigenvalue weighted by molar-refractivity contribution is 0.113. The fourth-order valence-electron chi connectivity index (χ4n) is 1.63. The first kappa shape index (κ1) is 13.6. The van der Waals surface area contributed by atoms with Crippen molar-refractivity contribution in [2.24, 2.45) is 0 Å². The van der Waals surface area contributed by atoms with E-state index >= 15 is 0 Å². The SMILES string of the molecule is CCCOCC(NC)c1ccccc1SC. The molecule has 16 heavy (non-hydrogen) atoms. The standard InChI is InChI=1S/C13H21NOS/c1-4-9-15-10-12(14-2)11-7-5-6-8-13(11)16-3/h5-8,12,14H,4,9-10H2,1-3H3. The Kier molecular flexibility index (Phi) is 6.53. The van der Waals surface area contributed by atoms with Gasteiger partial charge in [0.1, 0.15) is 0 Å². The van der Waals surface area contributed by atoms with Crippen LogP contribution < -0.4 is 5.32 Å². The van der Waals surface area contributed by atoms with Gasteiger partial charge in [0.05, 0.1) is 12.6 Å². The molecule has 1 rings (SSSR count). The monoisotopic (exact) mass is 239 g/mol. The van der Waals surface area contributed by atoms with Crippen LogP contribution in [-0.2, 0) is 4.74 Å². The number of likely N-dealkylation sites (N-methyl/N-ethyl adjacent to an activating group) is 1. The zero-order chi connectivity index (χ0) is 11.8. The molecular formula is C13H21NOS. The number of nitrogens with one attached hydrogen (secondary N) is 1. The van der Waals surface area contributed by atoms with Gasteiger partial charge in [-0.15, -0.1) is 11.8 Å². The van der Waals surface area contributed by atoms with Gasteiger partial charge < -0.3 is 10.1 Å². The number of hydrogen-bond donors (Lipinski definition) is 1. The zero-order valence-corrected chi connectivity index (χ0v) is 11.1. The van der Waals surface area contributed by atoms with E-state index in [0.717, 1.165) is 19.6 Å². The van der Waals surface area contributed by atoms with Crippen LogP contribution in [0.1, 0.15) is 24.9 Å². The molecule has 0 aromatic heterocycles. The summed E-state index contributed by atoms with van der Waals surface area (Å²) >= 11 is 1.78. The lowest BCUT2D eigenvalue weighted by atomic mass is 10.1. The summed E-state index contributed by atoms with van der Waals surface area (Å²) < 4.78 is 5.62. The van der Waals surface area contributed by atoms with Crippen LogP contribution in [0.4, 0.5) is 0 Å². The molecule has 2 nitrogen and oxygen atoms in total. The van der Waals surface area contributed by atoms with Gasteiger partial charge in [0.2, 0.25) is 0 Å². The van der Waals surface area contributed by atoms with Gasteiger partial charge >= 0.3 is 0 Å². The predicted octanol–water partition coefficient (Wildman–Crippen LogP) is 3.10. The van der Waals surface area contributed by atoms with Crippen molar-refractivity contribution in [3.8, 4) is 0 Å². The van der Waals surface area contributed by atoms with Gasteiger partial charge in [-0.05, 0) is 31.4 Å². The summed E-state index contributed by atoms with van der Waals surface area (Å²) in [6.07, 6.45) is 3.18. The van der Waals surface area contributed by atoms with Crippen molar-refractivity contribution in [3.05, 3.63) is 29.8 Å². The first-order valence-corrected chi connectivity index (χ1v) is 6.93. The Bertz CT molecular complexity index is 304. The van der Waals surface area contributed by atoms with Gasteiger partial charge in [0.25, 0.3) is 0 Å². The van der Waals surface area contributed by atoms with Crippen LogP contribution in [0.3, 0.4) is 0 Å². The second-order valence-electron chi connectivity index (χ2n) is 3.66. The third kappa shape index (κ3) is 3.81. The molecule has 0 heterocycles. The summed E-state index contributed by atoms with van der Waals surface area (Å²) in [5.74, 6) is 0. The van der Waals surface area contributed by atoms with E-state index < -0.39 is 0 Å². The minimum atomic E-state index is 0.287. The highest BCUT2D eigenvalue weighted by molar-refractivity contribution is 7.98. The average molecular weight is 239 g/mol. The van der Waals surface area contributed by atoms with Crippen molar-refractivity contribution in [3.63, 3.8) is 0 Å². The van der Waals surface area contributed by atoms with Crippen LogP contribution in [0.15, 0.2) is 29.2 Å². The van der Waals surface area contributed by atoms with Crippen LogP contribution in [0, 0.1) is 0 Å². The highest BCUT2D eigenvalue weighted by Gasteiger charge is 2.12. The predicted molar refractivity (Wildman–Crippen MR) is 71.1 cm³/mol. The first-order valence-electron chi connectivity index (χ1n) is 5.71. The maximum absolute atomic E-state index is 5.62. The number of rotatable bonds is 7. The Morgan fingerprint density at radius 3 is 2.75 bits per heavy atom. The smallest absolute Gasteiger partial charge is 0.0661 e. The molecule has 0 aliphatic heterocycles. The summed E-state index contributed by atoms with van der Waals surface area (Å²) in [7, 11) is 1.98. The maximum atomic E-state index is 5.62. The van der Waals surface area contributed by atoms with Gasteiger partial charge in [-0.1, -0.05) is 25.1 Å². The van der Waals surface area contributed by atoms with Crippen LogP contribution >= 0.6 is 11.8 Å². The topological polar surface area (TPSA) is 21.3 Å². The molecule has 0 aliphatic carbocycles. The van der Waals surface area contributed by atoms with Gasteiger partial charge in [-0.3, -0.25) is 0 Å². The summed E-state index contributed by atoms with van der Waals surface area (Å²) in [4.78, 5) is 1.32. The molecule has 1 N–H and O–H groups in total. The summed E-state index contributed by atoms with van der Waals surface area (Å²) in [5, 5.41) is 3.31. The normalized spacial score (nSPS) is 12.7. The van der Waals surface area contributed by atoms with Crippen LogP contribution in [0.25, 0.3) is 0 Å². The summed E-state index contributed by atoms with van der Waals surface area (Å²) in [6.45, 7) is 3.70. The van der Waals surface area contributed by atoms with Crippen molar-refractivity contribution in [1.29, 1.82) is 0 Å². The molecule has 1 unspecified atom stereocenters. The van der Waals surface area contributed by atoms with E-state index in [4.69, 9.17) is 4.74 Å². The second-order valence-corrected chi connectivity index (χ2v) is 4.51. The first-order chi connectivity index (χ1) is 7.83. The van der Waals surface area contributed by atoms with Crippen molar-refractivity contribution in [1.82, 2.24) is 5.32 Å². The van der Waals surface area contributed by atoms with Crippen LogP contribution in [0.5, 0.6) is 0 Å². The molecule has 0 fully saturated rings. The number of benzene rings is 1. The van der Waals surface area contributed by atoms with Gasteiger partial charge in [-0.2, -0.15) is 0 Å². The molecule has 1 atom stereocenters. The fraction of sp³-hybridized carbons (Fsp3) is 0.538. The molecule has 0 amide bonds. The minimum Gasteiger partial charge on any atom is -0.379 e. The van der Waals surface area contributed by atoms with E-state index in [2.05, 4.69) is 42.8 Å². The van der Waals surface area contributed by atoms with Gasteiger partial charge in [0.15, 0.2) is 0 Å². The largest absolute Gasteiger partial charge is 0.379 e. The lowest BCUT2D eigenvalue weighted by Gasteiger charge is -2.19. The van der Waals surface area contributed by atoms with E-state index in [9.17, 15) is 0 Å². The van der Waals surface area contributed by atoms with E-state index in [1.54, 1.807) is 11.8 Å². The van der Waals surface area contributed by atoms with E-state index in [1.165, 1.54) is 10.5 Å². The molecule has 90 valence electrons. The van der Waals surface area contributed by atoms with Gasteiger partial charge in [0, 0.05) is 11.5 Å². The van der Waals surface area contributed by atoms with Crippen LogP contribution in [0.2, 0.25) is 0 Å². The van der Waals surface area contributed by atoms with E-state index in [0.29, 0.717) is 0 Å². The maximum Gasteiger partial charge on any atom is 0.0661 e. The van der Waals surface area contributed by atoms with E-state index in [1.807, 2.05) is 7.05 Å². The van der Waals surface area contributed by atoms with Crippen molar-refractivity contribution in [2.75, 3.05) is 26.5 Å². The molecule has 0 radical (unpaired) electrons. The van der Waals surface area contributed by atoms with Gasteiger partial charge in [-0.25, -0.2) is 0 Å². The number of ether oxygens (including phenoxy) is 1. The third-order valence-electron chi connectivity index (χ3n) is 2.50. The average Bonchev–Trinajstić information content (AvgIpc) is 2.35. The Morgan fingerprint density at radius 1 is 1.38 bits per heavy atom. The minimum absolute atomic E-state index is 0.287. The number of hydrogen-bond acceptors (Lipinski definition) is 3. The van der Waals surface area contributed by atoms with Crippen molar-refractivity contribution >= 4 is 11.8 Å². The van der Waals surface area contributed by atoms with Crippen molar-refractivity contribution < 1.29 is 4.74 Å². The molecular weight excluding hydrogens is 218 g/mol. The Morgan fingerprint density at radius 2 is 2.12 bits per heavy atom. The highest BCUT2D eigenvalue weighted by Crippen LogP contribution is 2.25. The fourth-order valence-corrected chi connectivity index (χ4v) is 2.29. The molecule has 1 aromatic rings. The molecule has 0 bridgehead atoms. The Labute approximate surface area is 103 Å². The Balaban J connectivity index is 2.69. The summed E-state index contributed by atoms with van der Waals surface area (Å²) in [5.41, 5.74) is 1.33. The lowest BCUT2D eigenvalue weighted by Crippen LogP contribution is -2.22. The molecule has 0 aliphatic rings. The second kappa shape index (κ2) is 7.71. The molecule has 0 saturated carbocycles. The zero-order valence-electron chi connectivity index (χ0n) is 10.3. The number of thioether (sulfide) groups is 1. The quantitative estimate of drug-likeness (QED) is 0.583. The molecule has 0 spiro atoms. The van der Waals surface area contributed by atoms with E-state index in [-0.39, 0.29) is 6.04 Å². The molecule has 3 heteroatoms. The molecule has 0 saturated heterocycles. The van der Waals surface area contributed by atoms with Crippen LogP contribution in [-0.4, -0.2) is 26.5 Å².